The monoisotopic (exact) mass is 276 g/mol. The van der Waals surface area contributed by atoms with Crippen LogP contribution in [0.4, 0.5) is 0 Å². The first-order valence-electron chi connectivity index (χ1n) is 5.76. The second-order valence-electron chi connectivity index (χ2n) is 4.03. The minimum absolute atomic E-state index is 0.109. The average molecular weight is 276 g/mol. The van der Waals surface area contributed by atoms with Gasteiger partial charge in [0.25, 0.3) is 0 Å². The van der Waals surface area contributed by atoms with Crippen molar-refractivity contribution in [3.05, 3.63) is 52.7 Å². The molecule has 0 unspecified atom stereocenters. The number of carboxylic acid groups (broad SMARTS) is 1. The fourth-order valence-electron chi connectivity index (χ4n) is 1.61. The zero-order valence-corrected chi connectivity index (χ0v) is 10.4. The number of hydrogen-bond donors (Lipinski definition) is 2. The molecule has 1 aromatic heterocycles. The first-order chi connectivity index (χ1) is 9.56. The van der Waals surface area contributed by atoms with Crippen LogP contribution in [0, 0.1) is 0 Å². The smallest absolute Gasteiger partial charge is 0.365 e. The summed E-state index contributed by atoms with van der Waals surface area (Å²) in [4.78, 5) is 33.9. The number of nitrogens with zero attached hydrogens (tertiary/aromatic N) is 3. The molecule has 0 aliphatic carbocycles. The number of rotatable bonds is 5. The molecule has 1 heterocycles. The molecule has 0 aliphatic heterocycles. The molecule has 0 bridgehead atoms. The highest BCUT2D eigenvalue weighted by Gasteiger charge is 2.10. The summed E-state index contributed by atoms with van der Waals surface area (Å²) < 4.78 is 1.60. The number of carbonyl (C=O) groups excluding carboxylic acids is 1. The van der Waals surface area contributed by atoms with Crippen LogP contribution >= 0.6 is 0 Å². The molecule has 0 aliphatic rings. The SMILES string of the molecule is O=C(O)Cn1ncn(NC(=O)Cc2ccccc2)c1=O. The van der Waals surface area contributed by atoms with E-state index in [-0.39, 0.29) is 6.42 Å². The predicted molar refractivity (Wildman–Crippen MR) is 68.6 cm³/mol. The maximum atomic E-state index is 11.7. The van der Waals surface area contributed by atoms with Crippen LogP contribution in [0.5, 0.6) is 0 Å². The molecule has 0 spiro atoms. The number of nitrogens with one attached hydrogen (secondary N) is 1. The van der Waals surface area contributed by atoms with Gasteiger partial charge in [0.2, 0.25) is 5.91 Å². The molecule has 0 fully saturated rings. The van der Waals surface area contributed by atoms with Gasteiger partial charge in [-0.3, -0.25) is 15.0 Å². The van der Waals surface area contributed by atoms with Crippen molar-refractivity contribution in [3.8, 4) is 0 Å². The van der Waals surface area contributed by atoms with Gasteiger partial charge in [-0.05, 0) is 5.56 Å². The highest BCUT2D eigenvalue weighted by Crippen LogP contribution is 1.99. The second kappa shape index (κ2) is 5.83. The summed E-state index contributed by atoms with van der Waals surface area (Å²) in [5.41, 5.74) is 2.43. The van der Waals surface area contributed by atoms with Gasteiger partial charge in [0, 0.05) is 0 Å². The zero-order valence-electron chi connectivity index (χ0n) is 10.4. The largest absolute Gasteiger partial charge is 0.480 e. The Bertz CT molecular complexity index is 674. The number of hydrogen-bond acceptors (Lipinski definition) is 4. The van der Waals surface area contributed by atoms with E-state index in [9.17, 15) is 14.4 Å². The molecular weight excluding hydrogens is 264 g/mol. The van der Waals surface area contributed by atoms with E-state index >= 15 is 0 Å². The molecule has 20 heavy (non-hydrogen) atoms. The predicted octanol–water partition coefficient (Wildman–Crippen LogP) is -0.558. The van der Waals surface area contributed by atoms with E-state index in [1.54, 1.807) is 24.3 Å². The quantitative estimate of drug-likeness (QED) is 0.761. The Morgan fingerprint density at radius 3 is 2.60 bits per heavy atom. The molecular formula is C12H12N4O4. The lowest BCUT2D eigenvalue weighted by Gasteiger charge is -2.03. The Kier molecular flexibility index (Phi) is 3.94. The summed E-state index contributed by atoms with van der Waals surface area (Å²) in [6.07, 6.45) is 1.17. The lowest BCUT2D eigenvalue weighted by Crippen LogP contribution is -2.35. The molecule has 2 N–H and O–H groups in total. The molecule has 2 rings (SSSR count). The molecule has 8 nitrogen and oxygen atoms in total. The van der Waals surface area contributed by atoms with E-state index in [1.807, 2.05) is 6.07 Å². The molecule has 1 aromatic carbocycles. The Morgan fingerprint density at radius 1 is 1.25 bits per heavy atom. The van der Waals surface area contributed by atoms with Gasteiger partial charge in [-0.15, -0.1) is 0 Å². The Balaban J connectivity index is 2.03. The van der Waals surface area contributed by atoms with Crippen LogP contribution in [-0.2, 0) is 22.6 Å². The number of aromatic nitrogens is 3. The Labute approximate surface area is 113 Å². The highest BCUT2D eigenvalue weighted by atomic mass is 16.4. The maximum Gasteiger partial charge on any atom is 0.365 e. The molecule has 1 amide bonds. The van der Waals surface area contributed by atoms with E-state index < -0.39 is 24.1 Å². The van der Waals surface area contributed by atoms with Crippen molar-refractivity contribution in [1.29, 1.82) is 0 Å². The van der Waals surface area contributed by atoms with Gasteiger partial charge < -0.3 is 5.11 Å². The van der Waals surface area contributed by atoms with Crippen molar-refractivity contribution in [2.75, 3.05) is 5.43 Å². The third kappa shape index (κ3) is 3.31. The normalized spacial score (nSPS) is 10.2. The summed E-state index contributed by atoms with van der Waals surface area (Å²) in [6, 6.07) is 9.02. The summed E-state index contributed by atoms with van der Waals surface area (Å²) >= 11 is 0. The molecule has 0 saturated heterocycles. The van der Waals surface area contributed by atoms with Crippen LogP contribution in [0.3, 0.4) is 0 Å². The lowest BCUT2D eigenvalue weighted by atomic mass is 10.1. The molecule has 0 saturated carbocycles. The van der Waals surface area contributed by atoms with Crippen molar-refractivity contribution in [2.24, 2.45) is 0 Å². The molecule has 2 aromatic rings. The van der Waals surface area contributed by atoms with Crippen molar-refractivity contribution in [3.63, 3.8) is 0 Å². The van der Waals surface area contributed by atoms with E-state index in [4.69, 9.17) is 5.11 Å². The van der Waals surface area contributed by atoms with Crippen molar-refractivity contribution < 1.29 is 14.7 Å². The van der Waals surface area contributed by atoms with E-state index in [0.717, 1.165) is 21.2 Å². The summed E-state index contributed by atoms with van der Waals surface area (Å²) in [7, 11) is 0. The maximum absolute atomic E-state index is 11.7. The van der Waals surface area contributed by atoms with E-state index in [1.165, 1.54) is 0 Å². The first kappa shape index (κ1) is 13.5. The van der Waals surface area contributed by atoms with Gasteiger partial charge in [0.1, 0.15) is 12.9 Å². The Morgan fingerprint density at radius 2 is 1.95 bits per heavy atom. The average Bonchev–Trinajstić information content (AvgIpc) is 2.72. The van der Waals surface area contributed by atoms with Crippen LogP contribution in [0.1, 0.15) is 5.56 Å². The Hall–Kier alpha value is -2.90. The summed E-state index contributed by atoms with van der Waals surface area (Å²) in [5.74, 6) is -1.58. The number of amides is 1. The summed E-state index contributed by atoms with van der Waals surface area (Å²) in [6.45, 7) is -0.555. The number of carboxylic acids is 1. The van der Waals surface area contributed by atoms with Gasteiger partial charge in [-0.25, -0.2) is 9.48 Å². The zero-order chi connectivity index (χ0) is 14.5. The lowest BCUT2D eigenvalue weighted by molar-refractivity contribution is -0.138. The van der Waals surface area contributed by atoms with Crippen molar-refractivity contribution in [2.45, 2.75) is 13.0 Å². The second-order valence-corrected chi connectivity index (χ2v) is 4.03. The van der Waals surface area contributed by atoms with Crippen LogP contribution in [-0.4, -0.2) is 31.4 Å². The van der Waals surface area contributed by atoms with Gasteiger partial charge >= 0.3 is 11.7 Å². The summed E-state index contributed by atoms with van der Waals surface area (Å²) in [5, 5.41) is 12.2. The van der Waals surface area contributed by atoms with Crippen LogP contribution < -0.4 is 11.1 Å². The van der Waals surface area contributed by atoms with Gasteiger partial charge in [0.05, 0.1) is 6.42 Å². The molecule has 104 valence electrons. The van der Waals surface area contributed by atoms with E-state index in [0.29, 0.717) is 0 Å². The van der Waals surface area contributed by atoms with Crippen LogP contribution in [0.25, 0.3) is 0 Å². The minimum Gasteiger partial charge on any atom is -0.480 e. The van der Waals surface area contributed by atoms with Gasteiger partial charge in [-0.2, -0.15) is 9.77 Å². The van der Waals surface area contributed by atoms with Gasteiger partial charge in [0.15, 0.2) is 0 Å². The topological polar surface area (TPSA) is 106 Å². The molecule has 0 atom stereocenters. The first-order valence-corrected chi connectivity index (χ1v) is 5.76. The number of carbonyl (C=O) groups is 2. The third-order valence-electron chi connectivity index (χ3n) is 2.47. The van der Waals surface area contributed by atoms with Crippen LogP contribution in [0.2, 0.25) is 0 Å². The van der Waals surface area contributed by atoms with E-state index in [2.05, 4.69) is 10.5 Å². The standard InChI is InChI=1S/C12H12N4O4/c17-10(6-9-4-2-1-3-5-9)14-16-8-13-15(12(16)20)7-11(18)19/h1-5,8H,6-7H2,(H,14,17)(H,18,19). The third-order valence-corrected chi connectivity index (χ3v) is 2.47. The minimum atomic E-state index is -1.19. The van der Waals surface area contributed by atoms with Crippen molar-refractivity contribution in [1.82, 2.24) is 14.5 Å². The molecule has 8 heteroatoms. The van der Waals surface area contributed by atoms with Crippen LogP contribution in [0.15, 0.2) is 41.5 Å². The molecule has 0 radical (unpaired) electrons. The number of benzene rings is 1. The fourth-order valence-corrected chi connectivity index (χ4v) is 1.61. The van der Waals surface area contributed by atoms with Gasteiger partial charge in [-0.1, -0.05) is 30.3 Å². The highest BCUT2D eigenvalue weighted by molar-refractivity contribution is 5.85. The number of aliphatic carboxylic acids is 1. The van der Waals surface area contributed by atoms with Crippen molar-refractivity contribution >= 4 is 11.9 Å². The fraction of sp³-hybridized carbons (Fsp3) is 0.167.